The molecule has 0 atom stereocenters. The SMILES string of the molecule is COc1ccc(CNC(=O)c2sccc2-c2ccccc2)cc1. The molecular formula is C19H17NO2S. The maximum Gasteiger partial charge on any atom is 0.262 e. The first-order chi connectivity index (χ1) is 11.3. The highest BCUT2D eigenvalue weighted by Gasteiger charge is 2.14. The topological polar surface area (TPSA) is 38.3 Å². The van der Waals surface area contributed by atoms with Gasteiger partial charge in [-0.15, -0.1) is 11.3 Å². The average molecular weight is 323 g/mol. The summed E-state index contributed by atoms with van der Waals surface area (Å²) in [5.74, 6) is 0.763. The normalized spacial score (nSPS) is 10.3. The summed E-state index contributed by atoms with van der Waals surface area (Å²) in [7, 11) is 1.64. The van der Waals surface area contributed by atoms with E-state index >= 15 is 0 Å². The van der Waals surface area contributed by atoms with Gasteiger partial charge < -0.3 is 10.1 Å². The molecule has 0 radical (unpaired) electrons. The fourth-order valence-electron chi connectivity index (χ4n) is 2.34. The highest BCUT2D eigenvalue weighted by Crippen LogP contribution is 2.28. The standard InChI is InChI=1S/C19H17NO2S/c1-22-16-9-7-14(8-10-16)13-20-19(21)18-17(11-12-23-18)15-5-3-2-4-6-15/h2-12H,13H2,1H3,(H,20,21). The van der Waals surface area contributed by atoms with Gasteiger partial charge >= 0.3 is 0 Å². The van der Waals surface area contributed by atoms with Crippen molar-refractivity contribution in [2.75, 3.05) is 7.11 Å². The van der Waals surface area contributed by atoms with Crippen molar-refractivity contribution >= 4 is 17.2 Å². The summed E-state index contributed by atoms with van der Waals surface area (Å²) in [5.41, 5.74) is 3.07. The first-order valence-electron chi connectivity index (χ1n) is 7.32. The van der Waals surface area contributed by atoms with Crippen molar-refractivity contribution in [1.82, 2.24) is 5.32 Å². The van der Waals surface area contributed by atoms with Crippen molar-refractivity contribution in [3.63, 3.8) is 0 Å². The zero-order chi connectivity index (χ0) is 16.1. The van der Waals surface area contributed by atoms with Gasteiger partial charge in [-0.2, -0.15) is 0 Å². The number of rotatable bonds is 5. The van der Waals surface area contributed by atoms with Crippen molar-refractivity contribution < 1.29 is 9.53 Å². The van der Waals surface area contributed by atoms with E-state index < -0.39 is 0 Å². The zero-order valence-corrected chi connectivity index (χ0v) is 13.6. The van der Waals surface area contributed by atoms with Crippen LogP contribution in [0.15, 0.2) is 66.0 Å². The Bertz CT molecular complexity index is 779. The minimum Gasteiger partial charge on any atom is -0.497 e. The Morgan fingerprint density at radius 1 is 1.04 bits per heavy atom. The summed E-state index contributed by atoms with van der Waals surface area (Å²) in [6.45, 7) is 0.495. The van der Waals surface area contributed by atoms with E-state index in [-0.39, 0.29) is 5.91 Å². The van der Waals surface area contributed by atoms with Crippen LogP contribution in [0.4, 0.5) is 0 Å². The summed E-state index contributed by atoms with van der Waals surface area (Å²) in [5, 5.41) is 4.93. The highest BCUT2D eigenvalue weighted by atomic mass is 32.1. The van der Waals surface area contributed by atoms with E-state index in [0.29, 0.717) is 6.54 Å². The number of carbonyl (C=O) groups excluding carboxylic acids is 1. The lowest BCUT2D eigenvalue weighted by Crippen LogP contribution is -2.22. The van der Waals surface area contributed by atoms with Gasteiger partial charge in [-0.1, -0.05) is 42.5 Å². The quantitative estimate of drug-likeness (QED) is 0.758. The molecule has 4 heteroatoms. The van der Waals surface area contributed by atoms with Crippen LogP contribution >= 0.6 is 11.3 Å². The lowest BCUT2D eigenvalue weighted by atomic mass is 10.1. The molecule has 1 aromatic heterocycles. The molecule has 0 aliphatic carbocycles. The maximum absolute atomic E-state index is 12.5. The molecule has 1 N–H and O–H groups in total. The maximum atomic E-state index is 12.5. The molecule has 23 heavy (non-hydrogen) atoms. The Balaban J connectivity index is 1.70. The smallest absolute Gasteiger partial charge is 0.262 e. The molecule has 0 spiro atoms. The second-order valence-electron chi connectivity index (χ2n) is 5.06. The molecule has 1 amide bonds. The number of hydrogen-bond donors (Lipinski definition) is 1. The molecule has 0 saturated carbocycles. The fourth-order valence-corrected chi connectivity index (χ4v) is 3.17. The van der Waals surface area contributed by atoms with Gasteiger partial charge in [0, 0.05) is 12.1 Å². The van der Waals surface area contributed by atoms with Gasteiger partial charge in [0.15, 0.2) is 0 Å². The second kappa shape index (κ2) is 7.11. The van der Waals surface area contributed by atoms with Crippen LogP contribution in [0, 0.1) is 0 Å². The molecule has 1 heterocycles. The minimum absolute atomic E-state index is 0.0466. The van der Waals surface area contributed by atoms with Crippen molar-refractivity contribution in [2.45, 2.75) is 6.54 Å². The van der Waals surface area contributed by atoms with Crippen LogP contribution in [-0.2, 0) is 6.54 Å². The van der Waals surface area contributed by atoms with Crippen molar-refractivity contribution in [3.8, 4) is 16.9 Å². The van der Waals surface area contributed by atoms with Gasteiger partial charge in [0.2, 0.25) is 0 Å². The largest absolute Gasteiger partial charge is 0.497 e. The molecule has 0 aliphatic rings. The van der Waals surface area contributed by atoms with Crippen LogP contribution in [0.2, 0.25) is 0 Å². The van der Waals surface area contributed by atoms with E-state index in [0.717, 1.165) is 27.3 Å². The number of amides is 1. The van der Waals surface area contributed by atoms with Crippen LogP contribution in [0.5, 0.6) is 5.75 Å². The van der Waals surface area contributed by atoms with E-state index in [9.17, 15) is 4.79 Å². The first-order valence-corrected chi connectivity index (χ1v) is 8.20. The van der Waals surface area contributed by atoms with Gasteiger partial charge in [-0.25, -0.2) is 0 Å². The fraction of sp³-hybridized carbons (Fsp3) is 0.105. The van der Waals surface area contributed by atoms with Crippen LogP contribution < -0.4 is 10.1 Å². The summed E-state index contributed by atoms with van der Waals surface area (Å²) in [6.07, 6.45) is 0. The van der Waals surface area contributed by atoms with E-state index in [1.54, 1.807) is 7.11 Å². The van der Waals surface area contributed by atoms with Crippen LogP contribution in [0.25, 0.3) is 11.1 Å². The Hall–Kier alpha value is -2.59. The van der Waals surface area contributed by atoms with Crippen molar-refractivity contribution in [3.05, 3.63) is 76.5 Å². The van der Waals surface area contributed by atoms with Gasteiger partial charge in [0.1, 0.15) is 5.75 Å². The summed E-state index contributed by atoms with van der Waals surface area (Å²) in [6, 6.07) is 19.6. The first kappa shape index (κ1) is 15.3. The third-order valence-electron chi connectivity index (χ3n) is 3.57. The lowest BCUT2D eigenvalue weighted by molar-refractivity contribution is 0.0955. The summed E-state index contributed by atoms with van der Waals surface area (Å²) < 4.78 is 5.13. The second-order valence-corrected chi connectivity index (χ2v) is 5.98. The summed E-state index contributed by atoms with van der Waals surface area (Å²) in [4.78, 5) is 13.2. The molecule has 0 fully saturated rings. The number of ether oxygens (including phenoxy) is 1. The zero-order valence-electron chi connectivity index (χ0n) is 12.8. The van der Waals surface area contributed by atoms with E-state index in [4.69, 9.17) is 4.74 Å². The number of carbonyl (C=O) groups is 1. The molecule has 0 saturated heterocycles. The molecule has 2 aromatic carbocycles. The molecular weight excluding hydrogens is 306 g/mol. The predicted molar refractivity (Wildman–Crippen MR) is 93.9 cm³/mol. The summed E-state index contributed by atoms with van der Waals surface area (Å²) >= 11 is 1.46. The number of benzene rings is 2. The van der Waals surface area contributed by atoms with Gasteiger partial charge in [-0.3, -0.25) is 4.79 Å². The Labute approximate surface area is 139 Å². The molecule has 116 valence electrons. The molecule has 0 bridgehead atoms. The van der Waals surface area contributed by atoms with Gasteiger partial charge in [-0.05, 0) is 34.7 Å². The number of methoxy groups -OCH3 is 1. The lowest BCUT2D eigenvalue weighted by Gasteiger charge is -2.07. The Morgan fingerprint density at radius 2 is 1.78 bits per heavy atom. The molecule has 0 unspecified atom stereocenters. The molecule has 3 aromatic rings. The van der Waals surface area contributed by atoms with E-state index in [1.807, 2.05) is 66.0 Å². The highest BCUT2D eigenvalue weighted by molar-refractivity contribution is 7.12. The molecule has 0 aliphatic heterocycles. The van der Waals surface area contributed by atoms with Crippen LogP contribution in [-0.4, -0.2) is 13.0 Å². The van der Waals surface area contributed by atoms with Crippen molar-refractivity contribution in [2.24, 2.45) is 0 Å². The molecule has 3 rings (SSSR count). The average Bonchev–Trinajstić information content (AvgIpc) is 3.11. The van der Waals surface area contributed by atoms with Gasteiger partial charge in [0.25, 0.3) is 5.91 Å². The minimum atomic E-state index is -0.0466. The third kappa shape index (κ3) is 3.60. The molecule has 3 nitrogen and oxygen atoms in total. The van der Waals surface area contributed by atoms with Crippen LogP contribution in [0.3, 0.4) is 0 Å². The predicted octanol–water partition coefficient (Wildman–Crippen LogP) is 4.35. The number of hydrogen-bond acceptors (Lipinski definition) is 3. The van der Waals surface area contributed by atoms with E-state index in [1.165, 1.54) is 11.3 Å². The monoisotopic (exact) mass is 323 g/mol. The number of thiophene rings is 1. The van der Waals surface area contributed by atoms with E-state index in [2.05, 4.69) is 5.32 Å². The van der Waals surface area contributed by atoms with Crippen molar-refractivity contribution in [1.29, 1.82) is 0 Å². The number of nitrogens with one attached hydrogen (secondary N) is 1. The van der Waals surface area contributed by atoms with Crippen LogP contribution in [0.1, 0.15) is 15.2 Å². The Morgan fingerprint density at radius 3 is 2.48 bits per heavy atom. The van der Waals surface area contributed by atoms with Gasteiger partial charge in [0.05, 0.1) is 12.0 Å². The third-order valence-corrected chi connectivity index (χ3v) is 4.48. The Kier molecular flexibility index (Phi) is 4.74.